The van der Waals surface area contributed by atoms with Gasteiger partial charge in [-0.2, -0.15) is 0 Å². The lowest BCUT2D eigenvalue weighted by Gasteiger charge is -2.35. The van der Waals surface area contributed by atoms with Crippen molar-refractivity contribution in [3.05, 3.63) is 30.1 Å². The molecule has 1 aliphatic rings. The van der Waals surface area contributed by atoms with E-state index in [0.29, 0.717) is 25.4 Å². The minimum atomic E-state index is -0.597. The third kappa shape index (κ3) is 4.41. The highest BCUT2D eigenvalue weighted by Crippen LogP contribution is 2.14. The smallest absolute Gasteiger partial charge is 0.263 e. The third-order valence-electron chi connectivity index (χ3n) is 3.57. The van der Waals surface area contributed by atoms with Crippen molar-refractivity contribution < 1.29 is 19.0 Å². The number of ether oxygens (including phenoxy) is 1. The highest BCUT2D eigenvalue weighted by Gasteiger charge is 2.25. The predicted octanol–water partition coefficient (Wildman–Crippen LogP) is 0.729. The number of benzene rings is 1. The van der Waals surface area contributed by atoms with Crippen LogP contribution in [0.1, 0.15) is 6.92 Å². The zero-order valence-corrected chi connectivity index (χ0v) is 12.2. The third-order valence-corrected chi connectivity index (χ3v) is 3.57. The molecule has 0 aliphatic carbocycles. The molecular formula is C15H21FN2O3. The Balaban J connectivity index is 1.84. The standard InChI is InChI=1S/C15H21FN2O3/c1-12(21-14-4-2-13(16)3-5-14)15(20)18-8-6-17(7-9-18)10-11-19/h2-5,12,19H,6-11H2,1H3. The molecule has 0 saturated carbocycles. The predicted molar refractivity (Wildman–Crippen MR) is 76.6 cm³/mol. The first-order chi connectivity index (χ1) is 10.1. The number of nitrogens with zero attached hydrogens (tertiary/aromatic N) is 2. The van der Waals surface area contributed by atoms with Crippen molar-refractivity contribution in [1.82, 2.24) is 9.80 Å². The number of halogens is 1. The Hall–Kier alpha value is -1.66. The second-order valence-corrected chi connectivity index (χ2v) is 5.10. The van der Waals surface area contributed by atoms with Crippen molar-refractivity contribution in [2.24, 2.45) is 0 Å². The first-order valence-corrected chi connectivity index (χ1v) is 7.14. The highest BCUT2D eigenvalue weighted by atomic mass is 19.1. The number of β-amino-alcohol motifs (C(OH)–C–C–N with tert-alkyl or cyclic N) is 1. The lowest BCUT2D eigenvalue weighted by molar-refractivity contribution is -0.139. The number of amides is 1. The molecule has 116 valence electrons. The lowest BCUT2D eigenvalue weighted by Crippen LogP contribution is -2.52. The van der Waals surface area contributed by atoms with Crippen molar-refractivity contribution in [1.29, 1.82) is 0 Å². The summed E-state index contributed by atoms with van der Waals surface area (Å²) >= 11 is 0. The summed E-state index contributed by atoms with van der Waals surface area (Å²) in [6.07, 6.45) is -0.597. The molecule has 1 N–H and O–H groups in total. The number of hydrogen-bond acceptors (Lipinski definition) is 4. The van der Waals surface area contributed by atoms with Crippen LogP contribution in [-0.2, 0) is 4.79 Å². The Bertz CT molecular complexity index is 458. The van der Waals surface area contributed by atoms with Crippen molar-refractivity contribution in [3.8, 4) is 5.75 Å². The number of piperazine rings is 1. The number of carbonyl (C=O) groups excluding carboxylic acids is 1. The second kappa shape index (κ2) is 7.38. The van der Waals surface area contributed by atoms with Gasteiger partial charge in [-0.3, -0.25) is 9.69 Å². The molecule has 0 spiro atoms. The fourth-order valence-corrected chi connectivity index (χ4v) is 2.36. The van der Waals surface area contributed by atoms with E-state index < -0.39 is 6.10 Å². The van der Waals surface area contributed by atoms with Gasteiger partial charge in [0.2, 0.25) is 0 Å². The van der Waals surface area contributed by atoms with Gasteiger partial charge in [0.15, 0.2) is 6.10 Å². The van der Waals surface area contributed by atoms with Gasteiger partial charge in [0.25, 0.3) is 5.91 Å². The molecule has 1 heterocycles. The van der Waals surface area contributed by atoms with Gasteiger partial charge in [-0.05, 0) is 31.2 Å². The number of rotatable bonds is 5. The van der Waals surface area contributed by atoms with Crippen LogP contribution in [0.3, 0.4) is 0 Å². The zero-order chi connectivity index (χ0) is 15.2. The maximum atomic E-state index is 12.8. The van der Waals surface area contributed by atoms with Crippen LogP contribution < -0.4 is 4.74 Å². The molecule has 0 bridgehead atoms. The average Bonchev–Trinajstić information content (AvgIpc) is 2.50. The average molecular weight is 296 g/mol. The Morgan fingerprint density at radius 1 is 1.29 bits per heavy atom. The Kier molecular flexibility index (Phi) is 5.52. The number of hydrogen-bond donors (Lipinski definition) is 1. The molecular weight excluding hydrogens is 275 g/mol. The molecule has 1 aromatic carbocycles. The van der Waals surface area contributed by atoms with E-state index in [1.165, 1.54) is 24.3 Å². The molecule has 1 aliphatic heterocycles. The van der Waals surface area contributed by atoms with Gasteiger partial charge in [0.1, 0.15) is 11.6 Å². The van der Waals surface area contributed by atoms with E-state index in [1.54, 1.807) is 11.8 Å². The molecule has 6 heteroatoms. The summed E-state index contributed by atoms with van der Waals surface area (Å²) in [5.41, 5.74) is 0. The van der Waals surface area contributed by atoms with Crippen LogP contribution in [-0.4, -0.2) is 66.2 Å². The highest BCUT2D eigenvalue weighted by molar-refractivity contribution is 5.81. The van der Waals surface area contributed by atoms with Gasteiger partial charge in [-0.1, -0.05) is 0 Å². The summed E-state index contributed by atoms with van der Waals surface area (Å²) < 4.78 is 18.4. The maximum Gasteiger partial charge on any atom is 0.263 e. The fraction of sp³-hybridized carbons (Fsp3) is 0.533. The van der Waals surface area contributed by atoms with Crippen molar-refractivity contribution in [2.75, 3.05) is 39.3 Å². The summed E-state index contributed by atoms with van der Waals surface area (Å²) in [4.78, 5) is 16.2. The Morgan fingerprint density at radius 3 is 2.48 bits per heavy atom. The minimum Gasteiger partial charge on any atom is -0.481 e. The molecule has 1 saturated heterocycles. The molecule has 0 radical (unpaired) electrons. The molecule has 1 aromatic rings. The van der Waals surface area contributed by atoms with Crippen molar-refractivity contribution >= 4 is 5.91 Å². The molecule has 2 rings (SSSR count). The van der Waals surface area contributed by atoms with E-state index in [-0.39, 0.29) is 18.3 Å². The number of aliphatic hydroxyl groups is 1. The van der Waals surface area contributed by atoms with Gasteiger partial charge >= 0.3 is 0 Å². The van der Waals surface area contributed by atoms with Crippen LogP contribution in [0.2, 0.25) is 0 Å². The van der Waals surface area contributed by atoms with Gasteiger partial charge in [0.05, 0.1) is 6.61 Å². The molecule has 0 aromatic heterocycles. The van der Waals surface area contributed by atoms with Crippen LogP contribution in [0.25, 0.3) is 0 Å². The first-order valence-electron chi connectivity index (χ1n) is 7.14. The van der Waals surface area contributed by atoms with E-state index in [9.17, 15) is 9.18 Å². The minimum absolute atomic E-state index is 0.0667. The van der Waals surface area contributed by atoms with E-state index in [4.69, 9.17) is 9.84 Å². The Labute approximate surface area is 123 Å². The molecule has 21 heavy (non-hydrogen) atoms. The largest absolute Gasteiger partial charge is 0.481 e. The van der Waals surface area contributed by atoms with Crippen LogP contribution in [0, 0.1) is 5.82 Å². The summed E-state index contributed by atoms with van der Waals surface area (Å²) in [6, 6.07) is 5.64. The van der Waals surface area contributed by atoms with E-state index >= 15 is 0 Å². The van der Waals surface area contributed by atoms with Crippen LogP contribution in [0.5, 0.6) is 5.75 Å². The number of aliphatic hydroxyl groups excluding tert-OH is 1. The fourth-order valence-electron chi connectivity index (χ4n) is 2.36. The van der Waals surface area contributed by atoms with Gasteiger partial charge in [-0.25, -0.2) is 4.39 Å². The topological polar surface area (TPSA) is 53.0 Å². The SMILES string of the molecule is CC(Oc1ccc(F)cc1)C(=O)N1CCN(CCO)CC1. The van der Waals surface area contributed by atoms with Crippen LogP contribution >= 0.6 is 0 Å². The second-order valence-electron chi connectivity index (χ2n) is 5.10. The molecule has 1 amide bonds. The van der Waals surface area contributed by atoms with Crippen LogP contribution in [0.4, 0.5) is 4.39 Å². The summed E-state index contributed by atoms with van der Waals surface area (Å²) in [5.74, 6) is 0.0838. The van der Waals surface area contributed by atoms with Gasteiger partial charge < -0.3 is 14.7 Å². The van der Waals surface area contributed by atoms with E-state index in [2.05, 4.69) is 4.90 Å². The van der Waals surface area contributed by atoms with Crippen molar-refractivity contribution in [3.63, 3.8) is 0 Å². The quantitative estimate of drug-likeness (QED) is 0.870. The normalized spacial score (nSPS) is 17.6. The first kappa shape index (κ1) is 15.7. The summed E-state index contributed by atoms with van der Waals surface area (Å²) in [7, 11) is 0. The number of carbonyl (C=O) groups is 1. The molecule has 1 fully saturated rings. The molecule has 5 nitrogen and oxygen atoms in total. The van der Waals surface area contributed by atoms with Gasteiger partial charge in [-0.15, -0.1) is 0 Å². The summed E-state index contributed by atoms with van der Waals surface area (Å²) in [6.45, 7) is 5.27. The zero-order valence-electron chi connectivity index (χ0n) is 12.2. The van der Waals surface area contributed by atoms with Crippen LogP contribution in [0.15, 0.2) is 24.3 Å². The van der Waals surface area contributed by atoms with E-state index in [0.717, 1.165) is 13.1 Å². The summed E-state index contributed by atoms with van der Waals surface area (Å²) in [5, 5.41) is 8.90. The maximum absolute atomic E-state index is 12.8. The van der Waals surface area contributed by atoms with E-state index in [1.807, 2.05) is 0 Å². The van der Waals surface area contributed by atoms with Crippen molar-refractivity contribution in [2.45, 2.75) is 13.0 Å². The lowest BCUT2D eigenvalue weighted by atomic mass is 10.2. The molecule has 1 unspecified atom stereocenters. The Morgan fingerprint density at radius 2 is 1.90 bits per heavy atom. The van der Waals surface area contributed by atoms with Gasteiger partial charge in [0, 0.05) is 32.7 Å². The molecule has 1 atom stereocenters. The monoisotopic (exact) mass is 296 g/mol.